The highest BCUT2D eigenvalue weighted by atomic mass is 19.1. The van der Waals surface area contributed by atoms with Gasteiger partial charge in [0.25, 0.3) is 0 Å². The Morgan fingerprint density at radius 3 is 2.00 bits per heavy atom. The molecule has 86 valence electrons. The van der Waals surface area contributed by atoms with Crippen LogP contribution in [0.2, 0.25) is 0 Å². The largest absolute Gasteiger partial charge is 0.301 e. The van der Waals surface area contributed by atoms with Crippen molar-refractivity contribution in [1.82, 2.24) is 4.90 Å². The maximum atomic E-state index is 11.9. The predicted octanol–water partition coefficient (Wildman–Crippen LogP) is 3.49. The van der Waals surface area contributed by atoms with E-state index in [9.17, 15) is 4.39 Å². The molecule has 0 aromatic carbocycles. The van der Waals surface area contributed by atoms with Gasteiger partial charge in [-0.25, -0.2) is 4.39 Å². The van der Waals surface area contributed by atoms with Crippen molar-refractivity contribution in [2.75, 3.05) is 26.3 Å². The molecular formula is C12H26FN. The molecule has 14 heavy (non-hydrogen) atoms. The van der Waals surface area contributed by atoms with E-state index in [1.807, 2.05) is 0 Å². The smallest absolute Gasteiger partial charge is 0.102 e. The highest BCUT2D eigenvalue weighted by Crippen LogP contribution is 2.19. The van der Waals surface area contributed by atoms with E-state index in [0.29, 0.717) is 6.54 Å². The van der Waals surface area contributed by atoms with Gasteiger partial charge in [-0.2, -0.15) is 0 Å². The van der Waals surface area contributed by atoms with Gasteiger partial charge in [-0.05, 0) is 31.8 Å². The molecule has 1 nitrogen and oxygen atoms in total. The third-order valence-electron chi connectivity index (χ3n) is 2.69. The first-order valence-electron chi connectivity index (χ1n) is 6.06. The number of alkyl halides is 1. The van der Waals surface area contributed by atoms with Gasteiger partial charge in [0.1, 0.15) is 6.67 Å². The van der Waals surface area contributed by atoms with Gasteiger partial charge < -0.3 is 4.90 Å². The van der Waals surface area contributed by atoms with Crippen LogP contribution in [-0.4, -0.2) is 31.2 Å². The summed E-state index contributed by atoms with van der Waals surface area (Å²) in [5.41, 5.74) is 0. The van der Waals surface area contributed by atoms with Crippen LogP contribution < -0.4 is 0 Å². The Labute approximate surface area is 88.7 Å². The van der Waals surface area contributed by atoms with E-state index in [2.05, 4.69) is 25.7 Å². The summed E-state index contributed by atoms with van der Waals surface area (Å²) in [6.07, 6.45) is 5.09. The van der Waals surface area contributed by atoms with E-state index < -0.39 is 0 Å². The van der Waals surface area contributed by atoms with Crippen molar-refractivity contribution in [2.45, 2.75) is 46.5 Å². The molecule has 1 saturated heterocycles. The Balaban J connectivity index is 0.000000500. The fourth-order valence-electron chi connectivity index (χ4n) is 1.74. The van der Waals surface area contributed by atoms with E-state index in [1.165, 1.54) is 25.7 Å². The van der Waals surface area contributed by atoms with E-state index in [4.69, 9.17) is 0 Å². The average molecular weight is 203 g/mol. The lowest BCUT2D eigenvalue weighted by Crippen LogP contribution is -2.34. The van der Waals surface area contributed by atoms with Crippen LogP contribution in [0.1, 0.15) is 46.5 Å². The summed E-state index contributed by atoms with van der Waals surface area (Å²) < 4.78 is 11.9. The van der Waals surface area contributed by atoms with Gasteiger partial charge in [-0.1, -0.05) is 33.6 Å². The van der Waals surface area contributed by atoms with Crippen LogP contribution in [0, 0.1) is 5.92 Å². The number of likely N-dealkylation sites (tertiary alicyclic amines) is 1. The molecule has 1 aliphatic rings. The van der Waals surface area contributed by atoms with Crippen LogP contribution in [0.15, 0.2) is 0 Å². The number of hydrogen-bond donors (Lipinski definition) is 0. The van der Waals surface area contributed by atoms with Crippen LogP contribution in [-0.2, 0) is 0 Å². The second-order valence-electron chi connectivity index (χ2n) is 4.09. The Morgan fingerprint density at radius 1 is 1.14 bits per heavy atom. The molecule has 0 aliphatic carbocycles. The average Bonchev–Trinajstić information content (AvgIpc) is 2.21. The molecule has 2 heteroatoms. The minimum atomic E-state index is -0.184. The zero-order valence-corrected chi connectivity index (χ0v) is 10.1. The molecule has 1 fully saturated rings. The predicted molar refractivity (Wildman–Crippen MR) is 61.4 cm³/mol. The van der Waals surface area contributed by atoms with Crippen LogP contribution in [0.3, 0.4) is 0 Å². The third-order valence-corrected chi connectivity index (χ3v) is 2.69. The molecule has 0 unspecified atom stereocenters. The van der Waals surface area contributed by atoms with Crippen LogP contribution in [0.5, 0.6) is 0 Å². The summed E-state index contributed by atoms with van der Waals surface area (Å²) in [4.78, 5) is 2.23. The van der Waals surface area contributed by atoms with E-state index in [1.54, 1.807) is 0 Å². The van der Waals surface area contributed by atoms with Crippen molar-refractivity contribution >= 4 is 0 Å². The van der Waals surface area contributed by atoms with Crippen molar-refractivity contribution in [3.8, 4) is 0 Å². The monoisotopic (exact) mass is 203 g/mol. The summed E-state index contributed by atoms with van der Waals surface area (Å²) in [5, 5.41) is 0. The lowest BCUT2D eigenvalue weighted by Gasteiger charge is -2.30. The van der Waals surface area contributed by atoms with Crippen molar-refractivity contribution in [3.63, 3.8) is 0 Å². The van der Waals surface area contributed by atoms with Crippen LogP contribution in [0.25, 0.3) is 0 Å². The molecule has 0 bridgehead atoms. The zero-order valence-electron chi connectivity index (χ0n) is 10.1. The number of hydrogen-bond acceptors (Lipinski definition) is 1. The zero-order chi connectivity index (χ0) is 10.8. The van der Waals surface area contributed by atoms with Crippen molar-refractivity contribution < 1.29 is 4.39 Å². The first kappa shape index (κ1) is 13.9. The summed E-state index contributed by atoms with van der Waals surface area (Å²) in [5.74, 6) is 0.908. The third kappa shape index (κ3) is 6.36. The first-order chi connectivity index (χ1) is 6.78. The van der Waals surface area contributed by atoms with Crippen molar-refractivity contribution in [3.05, 3.63) is 0 Å². The first-order valence-corrected chi connectivity index (χ1v) is 6.06. The van der Waals surface area contributed by atoms with Gasteiger partial charge in [-0.15, -0.1) is 0 Å². The molecule has 0 amide bonds. The van der Waals surface area contributed by atoms with Crippen molar-refractivity contribution in [2.24, 2.45) is 5.92 Å². The molecular weight excluding hydrogens is 177 g/mol. The Hall–Kier alpha value is -0.110. The standard InChI is InChI=1S/C9H18FN.C3H8/c1-2-9-3-6-11(7-4-9)8-5-10;1-3-2/h9H,2-8H2,1H3;3H2,1-2H3. The SMILES string of the molecule is CCC.CCC1CCN(CCF)CC1. The van der Waals surface area contributed by atoms with Gasteiger partial charge in [0.05, 0.1) is 0 Å². The van der Waals surface area contributed by atoms with Gasteiger partial charge in [0.15, 0.2) is 0 Å². The Morgan fingerprint density at radius 2 is 1.64 bits per heavy atom. The number of halogens is 1. The highest BCUT2D eigenvalue weighted by molar-refractivity contribution is 4.70. The minimum absolute atomic E-state index is 0.184. The Bertz CT molecular complexity index is 109. The van der Waals surface area contributed by atoms with E-state index in [0.717, 1.165) is 19.0 Å². The lowest BCUT2D eigenvalue weighted by atomic mass is 9.94. The number of piperidine rings is 1. The second kappa shape index (κ2) is 9.45. The summed E-state index contributed by atoms with van der Waals surface area (Å²) in [6.45, 7) is 9.19. The van der Waals surface area contributed by atoms with Gasteiger partial charge >= 0.3 is 0 Å². The van der Waals surface area contributed by atoms with Gasteiger partial charge in [0.2, 0.25) is 0 Å². The maximum Gasteiger partial charge on any atom is 0.102 e. The van der Waals surface area contributed by atoms with Crippen molar-refractivity contribution in [1.29, 1.82) is 0 Å². The minimum Gasteiger partial charge on any atom is -0.301 e. The van der Waals surface area contributed by atoms with Gasteiger partial charge in [0, 0.05) is 6.54 Å². The molecule has 0 saturated carbocycles. The molecule has 0 radical (unpaired) electrons. The summed E-state index contributed by atoms with van der Waals surface area (Å²) in [7, 11) is 0. The Kier molecular flexibility index (Phi) is 9.37. The molecule has 1 rings (SSSR count). The number of rotatable bonds is 3. The quantitative estimate of drug-likeness (QED) is 0.678. The topological polar surface area (TPSA) is 3.24 Å². The lowest BCUT2D eigenvalue weighted by molar-refractivity contribution is 0.170. The second-order valence-corrected chi connectivity index (χ2v) is 4.09. The molecule has 1 aliphatic heterocycles. The maximum absolute atomic E-state index is 11.9. The normalized spacial score (nSPS) is 18.9. The molecule has 0 aromatic heterocycles. The molecule has 0 aromatic rings. The van der Waals surface area contributed by atoms with Gasteiger partial charge in [-0.3, -0.25) is 0 Å². The fraction of sp³-hybridized carbons (Fsp3) is 1.00. The molecule has 0 N–H and O–H groups in total. The van der Waals surface area contributed by atoms with Crippen LogP contribution >= 0.6 is 0 Å². The fourth-order valence-corrected chi connectivity index (χ4v) is 1.74. The highest BCUT2D eigenvalue weighted by Gasteiger charge is 2.16. The van der Waals surface area contributed by atoms with Crippen LogP contribution in [0.4, 0.5) is 4.39 Å². The van der Waals surface area contributed by atoms with E-state index in [-0.39, 0.29) is 6.67 Å². The van der Waals surface area contributed by atoms with E-state index >= 15 is 0 Å². The number of nitrogens with zero attached hydrogens (tertiary/aromatic N) is 1. The molecule has 1 heterocycles. The molecule has 0 spiro atoms. The summed E-state index contributed by atoms with van der Waals surface area (Å²) in [6, 6.07) is 0. The summed E-state index contributed by atoms with van der Waals surface area (Å²) >= 11 is 0. The molecule has 0 atom stereocenters.